The summed E-state index contributed by atoms with van der Waals surface area (Å²) >= 11 is 0. The maximum Gasteiger partial charge on any atom is 0.244 e. The average molecular weight is 241 g/mol. The molecule has 2 N–H and O–H groups in total. The molecule has 1 rings (SSSR count). The molecule has 98 valence electrons. The van der Waals surface area contributed by atoms with E-state index < -0.39 is 6.10 Å². The number of carbonyl (C=O) groups excluding carboxylic acids is 1. The van der Waals surface area contributed by atoms with Crippen LogP contribution in [0, 0.1) is 5.92 Å². The van der Waals surface area contributed by atoms with Gasteiger partial charge in [-0.3, -0.25) is 4.79 Å². The van der Waals surface area contributed by atoms with Crippen molar-refractivity contribution in [3.05, 3.63) is 12.2 Å². The number of carbonyl (C=O) groups is 1. The van der Waals surface area contributed by atoms with E-state index in [-0.39, 0.29) is 24.2 Å². The third-order valence-corrected chi connectivity index (χ3v) is 3.28. The minimum atomic E-state index is -0.597. The van der Waals surface area contributed by atoms with Crippen molar-refractivity contribution in [3.63, 3.8) is 0 Å². The fraction of sp³-hybridized carbons (Fsp3) is 0.769. The van der Waals surface area contributed by atoms with Crippen molar-refractivity contribution in [2.75, 3.05) is 0 Å². The molecule has 0 aliphatic carbocycles. The molecule has 1 heterocycles. The number of nitrogens with one attached hydrogen (secondary N) is 1. The second kappa shape index (κ2) is 6.17. The van der Waals surface area contributed by atoms with Gasteiger partial charge in [0, 0.05) is 6.08 Å². The lowest BCUT2D eigenvalue weighted by molar-refractivity contribution is -0.122. The van der Waals surface area contributed by atoms with Gasteiger partial charge in [-0.05, 0) is 33.1 Å². The monoisotopic (exact) mass is 241 g/mol. The summed E-state index contributed by atoms with van der Waals surface area (Å²) in [5.74, 6) is 0.269. The Balaban J connectivity index is 2.48. The van der Waals surface area contributed by atoms with Crippen LogP contribution in [0.15, 0.2) is 12.2 Å². The summed E-state index contributed by atoms with van der Waals surface area (Å²) in [6.07, 6.45) is 3.45. The lowest BCUT2D eigenvalue weighted by Gasteiger charge is -2.37. The van der Waals surface area contributed by atoms with Gasteiger partial charge < -0.3 is 15.2 Å². The fourth-order valence-corrected chi connectivity index (χ4v) is 1.99. The summed E-state index contributed by atoms with van der Waals surface area (Å²) in [5.41, 5.74) is 0. The Morgan fingerprint density at radius 1 is 1.41 bits per heavy atom. The van der Waals surface area contributed by atoms with Gasteiger partial charge in [-0.1, -0.05) is 13.0 Å². The number of ether oxygens (including phenoxy) is 1. The third kappa shape index (κ3) is 4.48. The Hall–Kier alpha value is -0.870. The molecule has 1 amide bonds. The molecule has 5 atom stereocenters. The van der Waals surface area contributed by atoms with E-state index in [0.29, 0.717) is 5.92 Å². The number of amides is 1. The van der Waals surface area contributed by atoms with Crippen LogP contribution in [0.3, 0.4) is 0 Å². The summed E-state index contributed by atoms with van der Waals surface area (Å²) in [7, 11) is 0. The number of aliphatic hydroxyl groups excluding tert-OH is 1. The van der Waals surface area contributed by atoms with Crippen molar-refractivity contribution in [2.45, 2.75) is 58.5 Å². The first-order chi connectivity index (χ1) is 7.90. The van der Waals surface area contributed by atoms with E-state index in [0.717, 1.165) is 6.42 Å². The molecule has 0 radical (unpaired) electrons. The Labute approximate surface area is 103 Å². The van der Waals surface area contributed by atoms with Gasteiger partial charge in [0.2, 0.25) is 5.91 Å². The first-order valence-electron chi connectivity index (χ1n) is 6.22. The van der Waals surface area contributed by atoms with Crippen LogP contribution in [0.25, 0.3) is 0 Å². The van der Waals surface area contributed by atoms with E-state index in [1.54, 1.807) is 6.92 Å². The van der Waals surface area contributed by atoms with E-state index in [4.69, 9.17) is 9.84 Å². The zero-order valence-electron chi connectivity index (χ0n) is 11.0. The van der Waals surface area contributed by atoms with E-state index in [2.05, 4.69) is 19.2 Å². The van der Waals surface area contributed by atoms with Gasteiger partial charge >= 0.3 is 0 Å². The molecular formula is C13H23NO3. The number of rotatable bonds is 3. The van der Waals surface area contributed by atoms with Crippen molar-refractivity contribution in [1.82, 2.24) is 5.32 Å². The van der Waals surface area contributed by atoms with Gasteiger partial charge in [-0.2, -0.15) is 0 Å². The first-order valence-corrected chi connectivity index (χ1v) is 6.22. The molecule has 1 aliphatic heterocycles. The zero-order chi connectivity index (χ0) is 13.0. The Morgan fingerprint density at radius 3 is 2.65 bits per heavy atom. The summed E-state index contributed by atoms with van der Waals surface area (Å²) < 4.78 is 5.75. The van der Waals surface area contributed by atoms with Crippen LogP contribution in [-0.4, -0.2) is 35.4 Å². The number of aliphatic hydroxyl groups is 1. The first kappa shape index (κ1) is 14.2. The van der Waals surface area contributed by atoms with Crippen LogP contribution in [-0.2, 0) is 9.53 Å². The van der Waals surface area contributed by atoms with Crippen LogP contribution >= 0.6 is 0 Å². The summed E-state index contributed by atoms with van der Waals surface area (Å²) in [5, 5.41) is 12.0. The van der Waals surface area contributed by atoms with E-state index in [1.165, 1.54) is 12.2 Å². The van der Waals surface area contributed by atoms with Crippen molar-refractivity contribution in [1.29, 1.82) is 0 Å². The maximum absolute atomic E-state index is 11.6. The van der Waals surface area contributed by atoms with Crippen LogP contribution in [0.5, 0.6) is 0 Å². The predicted molar refractivity (Wildman–Crippen MR) is 66.5 cm³/mol. The van der Waals surface area contributed by atoms with Crippen molar-refractivity contribution < 1.29 is 14.6 Å². The van der Waals surface area contributed by atoms with Gasteiger partial charge in [-0.15, -0.1) is 0 Å². The Morgan fingerprint density at radius 2 is 2.06 bits per heavy atom. The molecule has 1 fully saturated rings. The largest absolute Gasteiger partial charge is 0.389 e. The predicted octanol–water partition coefficient (Wildman–Crippen LogP) is 1.24. The second-order valence-corrected chi connectivity index (χ2v) is 4.97. The molecule has 0 saturated carbocycles. The van der Waals surface area contributed by atoms with Crippen molar-refractivity contribution in [3.8, 4) is 0 Å². The Bertz CT molecular complexity index is 288. The molecule has 5 unspecified atom stereocenters. The molecule has 4 nitrogen and oxygen atoms in total. The van der Waals surface area contributed by atoms with Crippen LogP contribution < -0.4 is 5.32 Å². The van der Waals surface area contributed by atoms with Gasteiger partial charge in [0.05, 0.1) is 24.4 Å². The molecular weight excluding hydrogens is 218 g/mol. The molecule has 1 aliphatic rings. The van der Waals surface area contributed by atoms with E-state index >= 15 is 0 Å². The van der Waals surface area contributed by atoms with Crippen molar-refractivity contribution >= 4 is 5.91 Å². The smallest absolute Gasteiger partial charge is 0.244 e. The van der Waals surface area contributed by atoms with Gasteiger partial charge in [0.1, 0.15) is 0 Å². The minimum absolute atomic E-state index is 0.0325. The average Bonchev–Trinajstić information content (AvgIpc) is 2.23. The van der Waals surface area contributed by atoms with E-state index in [9.17, 15) is 4.79 Å². The summed E-state index contributed by atoms with van der Waals surface area (Å²) in [4.78, 5) is 11.6. The van der Waals surface area contributed by atoms with E-state index in [1.807, 2.05) is 6.92 Å². The topological polar surface area (TPSA) is 58.6 Å². The fourth-order valence-electron chi connectivity index (χ4n) is 1.99. The lowest BCUT2D eigenvalue weighted by Crippen LogP contribution is -2.49. The number of hydrogen-bond donors (Lipinski definition) is 2. The molecule has 4 heteroatoms. The molecule has 17 heavy (non-hydrogen) atoms. The van der Waals surface area contributed by atoms with Crippen LogP contribution in [0.1, 0.15) is 34.1 Å². The third-order valence-electron chi connectivity index (χ3n) is 3.28. The molecule has 0 spiro atoms. The van der Waals surface area contributed by atoms with Crippen LogP contribution in [0.4, 0.5) is 0 Å². The number of hydrogen-bond acceptors (Lipinski definition) is 3. The highest BCUT2D eigenvalue weighted by atomic mass is 16.5. The zero-order valence-corrected chi connectivity index (χ0v) is 11.0. The van der Waals surface area contributed by atoms with Crippen LogP contribution in [0.2, 0.25) is 0 Å². The highest BCUT2D eigenvalue weighted by molar-refractivity contribution is 5.87. The highest BCUT2D eigenvalue weighted by Gasteiger charge is 2.31. The lowest BCUT2D eigenvalue weighted by atomic mass is 9.91. The molecule has 0 aromatic heterocycles. The minimum Gasteiger partial charge on any atom is -0.389 e. The van der Waals surface area contributed by atoms with Gasteiger partial charge in [-0.25, -0.2) is 0 Å². The summed E-state index contributed by atoms with van der Waals surface area (Å²) in [6.45, 7) is 7.78. The normalized spacial score (nSPS) is 35.8. The van der Waals surface area contributed by atoms with Gasteiger partial charge in [0.25, 0.3) is 0 Å². The molecule has 1 saturated heterocycles. The SMILES string of the molecule is CC(O)C=CC(=O)NC1CC(C)C(C)OC1C. The molecule has 0 aromatic carbocycles. The Kier molecular flexibility index (Phi) is 5.15. The second-order valence-electron chi connectivity index (χ2n) is 4.97. The quantitative estimate of drug-likeness (QED) is 0.731. The highest BCUT2D eigenvalue weighted by Crippen LogP contribution is 2.24. The summed E-state index contributed by atoms with van der Waals surface area (Å²) in [6, 6.07) is 0.0485. The standard InChI is InChI=1S/C13H23NO3/c1-8-7-12(11(4)17-10(8)3)14-13(16)6-5-9(2)15/h5-6,8-12,15H,7H2,1-4H3,(H,14,16). The molecule has 0 bridgehead atoms. The van der Waals surface area contributed by atoms with Gasteiger partial charge in [0.15, 0.2) is 0 Å². The molecule has 0 aromatic rings. The maximum atomic E-state index is 11.6. The van der Waals surface area contributed by atoms with Crippen molar-refractivity contribution in [2.24, 2.45) is 5.92 Å².